The van der Waals surface area contributed by atoms with Crippen LogP contribution in [-0.2, 0) is 26.6 Å². The van der Waals surface area contributed by atoms with Crippen molar-refractivity contribution in [3.63, 3.8) is 0 Å². The minimum Gasteiger partial charge on any atom is -0.466 e. The molecular formula is C27H37N5O4S. The lowest BCUT2D eigenvalue weighted by Gasteiger charge is -2.33. The van der Waals surface area contributed by atoms with Crippen molar-refractivity contribution in [2.45, 2.75) is 37.3 Å². The largest absolute Gasteiger partial charge is 0.466 e. The SMILES string of the molecule is CCOC(=O)[C@H]1CCCN(C(=O)c2cccc(CSc3nc(COC)cc(N4CCN(C)CC4)n3)c2)C1. The van der Waals surface area contributed by atoms with E-state index in [9.17, 15) is 9.59 Å². The predicted octanol–water partition coefficient (Wildman–Crippen LogP) is 3.08. The molecule has 0 N–H and O–H groups in total. The number of ether oxygens (including phenoxy) is 2. The molecule has 1 aromatic carbocycles. The standard InChI is InChI=1S/C27H37N5O4S/c1-4-36-26(34)22-9-6-10-32(17-22)25(33)21-8-5-7-20(15-21)19-37-27-28-23(18-35-3)16-24(29-27)31-13-11-30(2)12-14-31/h5,7-8,15-16,22H,4,6,9-14,17-19H2,1-3H3/t22-/m0/s1. The van der Waals surface area contributed by atoms with E-state index in [1.807, 2.05) is 30.3 Å². The molecule has 10 heteroatoms. The van der Waals surface area contributed by atoms with Crippen LogP contribution >= 0.6 is 11.8 Å². The number of likely N-dealkylation sites (tertiary alicyclic amines) is 1. The van der Waals surface area contributed by atoms with Crippen molar-refractivity contribution >= 4 is 29.5 Å². The Morgan fingerprint density at radius 3 is 2.68 bits per heavy atom. The van der Waals surface area contributed by atoms with Gasteiger partial charge in [0.2, 0.25) is 0 Å². The Morgan fingerprint density at radius 2 is 1.92 bits per heavy atom. The molecule has 200 valence electrons. The van der Waals surface area contributed by atoms with Crippen LogP contribution < -0.4 is 4.90 Å². The highest BCUT2D eigenvalue weighted by Crippen LogP contribution is 2.25. The second-order valence-corrected chi connectivity index (χ2v) is 10.5. The lowest BCUT2D eigenvalue weighted by atomic mass is 9.97. The van der Waals surface area contributed by atoms with E-state index >= 15 is 0 Å². The Bertz CT molecular complexity index is 1080. The molecule has 0 bridgehead atoms. The number of carbonyl (C=O) groups excluding carboxylic acids is 2. The van der Waals surface area contributed by atoms with Gasteiger partial charge in [-0.3, -0.25) is 9.59 Å². The fourth-order valence-corrected chi connectivity index (χ4v) is 5.50. The first-order valence-electron chi connectivity index (χ1n) is 12.9. The van der Waals surface area contributed by atoms with E-state index in [1.165, 1.54) is 0 Å². The molecule has 4 rings (SSSR count). The maximum atomic E-state index is 13.2. The van der Waals surface area contributed by atoms with E-state index in [1.54, 1.807) is 30.7 Å². The molecule has 2 aromatic rings. The van der Waals surface area contributed by atoms with E-state index < -0.39 is 0 Å². The molecule has 9 nitrogen and oxygen atoms in total. The molecule has 1 aromatic heterocycles. The van der Waals surface area contributed by atoms with Crippen LogP contribution in [0.5, 0.6) is 0 Å². The molecule has 1 atom stereocenters. The number of piperidine rings is 1. The van der Waals surface area contributed by atoms with Crippen molar-refractivity contribution in [2.75, 3.05) is 64.9 Å². The number of hydrogen-bond donors (Lipinski definition) is 0. The average Bonchev–Trinajstić information content (AvgIpc) is 2.92. The quantitative estimate of drug-likeness (QED) is 0.277. The average molecular weight is 528 g/mol. The van der Waals surface area contributed by atoms with Gasteiger partial charge in [-0.25, -0.2) is 9.97 Å². The Kier molecular flexibility index (Phi) is 9.76. The number of anilines is 1. The molecule has 0 radical (unpaired) electrons. The van der Waals surface area contributed by atoms with Crippen LogP contribution in [0.3, 0.4) is 0 Å². The van der Waals surface area contributed by atoms with Crippen molar-refractivity contribution in [3.05, 3.63) is 47.2 Å². The zero-order valence-corrected chi connectivity index (χ0v) is 22.8. The fraction of sp³-hybridized carbons (Fsp3) is 0.556. The molecule has 37 heavy (non-hydrogen) atoms. The number of carbonyl (C=O) groups is 2. The number of likely N-dealkylation sites (N-methyl/N-ethyl adjacent to an activating group) is 1. The number of thioether (sulfide) groups is 1. The van der Waals surface area contributed by atoms with Crippen molar-refractivity contribution in [1.82, 2.24) is 19.8 Å². The summed E-state index contributed by atoms with van der Waals surface area (Å²) in [5.41, 5.74) is 2.52. The number of benzene rings is 1. The van der Waals surface area contributed by atoms with Crippen LogP contribution in [-0.4, -0.2) is 91.7 Å². The number of aromatic nitrogens is 2. The van der Waals surface area contributed by atoms with Crippen LogP contribution in [0, 0.1) is 5.92 Å². The van der Waals surface area contributed by atoms with Gasteiger partial charge in [0.15, 0.2) is 5.16 Å². The predicted molar refractivity (Wildman–Crippen MR) is 144 cm³/mol. The molecule has 0 unspecified atom stereocenters. The molecule has 2 aliphatic heterocycles. The molecule has 2 fully saturated rings. The lowest BCUT2D eigenvalue weighted by molar-refractivity contribution is -0.149. The maximum absolute atomic E-state index is 13.2. The van der Waals surface area contributed by atoms with E-state index in [4.69, 9.17) is 14.5 Å². The van der Waals surface area contributed by atoms with Gasteiger partial charge in [-0.05, 0) is 44.5 Å². The Hall–Kier alpha value is -2.69. The Balaban J connectivity index is 1.42. The molecule has 0 aliphatic carbocycles. The molecule has 0 spiro atoms. The Labute approximate surface area is 223 Å². The molecule has 2 saturated heterocycles. The number of piperazine rings is 1. The lowest BCUT2D eigenvalue weighted by Crippen LogP contribution is -2.44. The highest BCUT2D eigenvalue weighted by atomic mass is 32.2. The van der Waals surface area contributed by atoms with Crippen LogP contribution in [0.2, 0.25) is 0 Å². The van der Waals surface area contributed by atoms with Gasteiger partial charge >= 0.3 is 5.97 Å². The maximum Gasteiger partial charge on any atom is 0.310 e. The number of rotatable bonds is 9. The Morgan fingerprint density at radius 1 is 1.11 bits per heavy atom. The number of hydrogen-bond acceptors (Lipinski definition) is 9. The van der Waals surface area contributed by atoms with Crippen LogP contribution in [0.1, 0.15) is 41.4 Å². The van der Waals surface area contributed by atoms with Crippen molar-refractivity contribution in [2.24, 2.45) is 5.92 Å². The number of methoxy groups -OCH3 is 1. The zero-order chi connectivity index (χ0) is 26.2. The van der Waals surface area contributed by atoms with Gasteiger partial charge in [-0.1, -0.05) is 23.9 Å². The smallest absolute Gasteiger partial charge is 0.310 e. The minimum atomic E-state index is -0.248. The van der Waals surface area contributed by atoms with Gasteiger partial charge in [-0.2, -0.15) is 0 Å². The first-order chi connectivity index (χ1) is 18.0. The molecule has 3 heterocycles. The van der Waals surface area contributed by atoms with Crippen molar-refractivity contribution in [1.29, 1.82) is 0 Å². The monoisotopic (exact) mass is 527 g/mol. The van der Waals surface area contributed by atoms with Crippen molar-refractivity contribution < 1.29 is 19.1 Å². The molecule has 2 aliphatic rings. The summed E-state index contributed by atoms with van der Waals surface area (Å²) in [6.45, 7) is 7.54. The van der Waals surface area contributed by atoms with E-state index in [0.717, 1.165) is 56.1 Å². The third kappa shape index (κ3) is 7.43. The summed E-state index contributed by atoms with van der Waals surface area (Å²) in [6, 6.07) is 9.71. The minimum absolute atomic E-state index is 0.0449. The van der Waals surface area contributed by atoms with Gasteiger partial charge in [0.05, 0.1) is 24.8 Å². The van der Waals surface area contributed by atoms with Gasteiger partial charge in [0, 0.05) is 63.8 Å². The number of nitrogens with zero attached hydrogens (tertiary/aromatic N) is 5. The van der Waals surface area contributed by atoms with E-state index in [-0.39, 0.29) is 17.8 Å². The van der Waals surface area contributed by atoms with Crippen molar-refractivity contribution in [3.8, 4) is 0 Å². The second kappa shape index (κ2) is 13.2. The van der Waals surface area contributed by atoms with E-state index in [0.29, 0.717) is 42.8 Å². The van der Waals surface area contributed by atoms with Gasteiger partial charge < -0.3 is 24.2 Å². The van der Waals surface area contributed by atoms with E-state index in [2.05, 4.69) is 21.8 Å². The van der Waals surface area contributed by atoms with Gasteiger partial charge in [-0.15, -0.1) is 0 Å². The third-order valence-corrected chi connectivity index (χ3v) is 7.65. The van der Waals surface area contributed by atoms with Crippen LogP contribution in [0.15, 0.2) is 35.5 Å². The number of esters is 1. The second-order valence-electron chi connectivity index (χ2n) is 9.55. The molecule has 0 saturated carbocycles. The number of amides is 1. The summed E-state index contributed by atoms with van der Waals surface area (Å²) in [5.74, 6) is 1.07. The topological polar surface area (TPSA) is 88.1 Å². The summed E-state index contributed by atoms with van der Waals surface area (Å²) in [6.07, 6.45) is 1.56. The molecular weight excluding hydrogens is 490 g/mol. The summed E-state index contributed by atoms with van der Waals surface area (Å²) in [5, 5.41) is 0.702. The summed E-state index contributed by atoms with van der Waals surface area (Å²) in [4.78, 5) is 41.3. The zero-order valence-electron chi connectivity index (χ0n) is 22.0. The van der Waals surface area contributed by atoms with Crippen LogP contribution in [0.4, 0.5) is 5.82 Å². The van der Waals surface area contributed by atoms with Gasteiger partial charge in [0.1, 0.15) is 5.82 Å². The highest BCUT2D eigenvalue weighted by Gasteiger charge is 2.30. The summed E-state index contributed by atoms with van der Waals surface area (Å²) >= 11 is 1.56. The highest BCUT2D eigenvalue weighted by molar-refractivity contribution is 7.98. The van der Waals surface area contributed by atoms with Crippen LogP contribution in [0.25, 0.3) is 0 Å². The summed E-state index contributed by atoms with van der Waals surface area (Å²) in [7, 11) is 3.81. The first kappa shape index (κ1) is 27.3. The third-order valence-electron chi connectivity index (χ3n) is 6.74. The summed E-state index contributed by atoms with van der Waals surface area (Å²) < 4.78 is 10.5. The normalized spacial score (nSPS) is 18.6. The first-order valence-corrected chi connectivity index (χ1v) is 13.9. The fourth-order valence-electron chi connectivity index (χ4n) is 4.68. The van der Waals surface area contributed by atoms with Gasteiger partial charge in [0.25, 0.3) is 5.91 Å². The molecule has 1 amide bonds.